The molecule has 1 atom stereocenters. The van der Waals surface area contributed by atoms with Gasteiger partial charge in [-0.15, -0.1) is 0 Å². The number of rotatable bonds is 3. The molecule has 3 aromatic rings. The number of hydrogen-bond acceptors (Lipinski definition) is 2. The molecule has 0 aliphatic heterocycles. The lowest BCUT2D eigenvalue weighted by Gasteiger charge is -2.09. The van der Waals surface area contributed by atoms with Crippen LogP contribution >= 0.6 is 27.5 Å². The van der Waals surface area contributed by atoms with Gasteiger partial charge in [0.15, 0.2) is 0 Å². The fourth-order valence-electron chi connectivity index (χ4n) is 2.23. The molecule has 0 fully saturated rings. The Bertz CT molecular complexity index is 800. The third kappa shape index (κ3) is 2.84. The highest BCUT2D eigenvalue weighted by Gasteiger charge is 2.17. The van der Waals surface area contributed by atoms with Gasteiger partial charge in [-0.3, -0.25) is 0 Å². The highest BCUT2D eigenvalue weighted by molar-refractivity contribution is 9.10. The standard InChI is InChI=1S/C16H11BrClFO2/c17-11-5-1-4-10-8-14(21-16(10)11)13(20)7-9-3-2-6-12(19)15(9)18/h1-6,8,13,20H,7H2. The summed E-state index contributed by atoms with van der Waals surface area (Å²) < 4.78 is 19.9. The van der Waals surface area contributed by atoms with Gasteiger partial charge in [-0.2, -0.15) is 0 Å². The van der Waals surface area contributed by atoms with Crippen molar-refractivity contribution in [2.75, 3.05) is 0 Å². The average molecular weight is 370 g/mol. The van der Waals surface area contributed by atoms with E-state index < -0.39 is 11.9 Å². The van der Waals surface area contributed by atoms with Crippen LogP contribution in [0.15, 0.2) is 51.4 Å². The molecule has 1 aromatic heterocycles. The van der Waals surface area contributed by atoms with Crippen LogP contribution in [0.4, 0.5) is 4.39 Å². The second-order valence-electron chi connectivity index (χ2n) is 4.74. The van der Waals surface area contributed by atoms with Crippen molar-refractivity contribution in [2.24, 2.45) is 0 Å². The predicted octanol–water partition coefficient (Wildman–Crippen LogP) is 5.26. The smallest absolute Gasteiger partial charge is 0.148 e. The Labute approximate surface area is 134 Å². The molecule has 1 unspecified atom stereocenters. The summed E-state index contributed by atoms with van der Waals surface area (Å²) in [6.45, 7) is 0. The topological polar surface area (TPSA) is 33.4 Å². The maximum absolute atomic E-state index is 13.4. The second kappa shape index (κ2) is 5.79. The van der Waals surface area contributed by atoms with Gasteiger partial charge in [-0.25, -0.2) is 4.39 Å². The molecule has 2 aromatic carbocycles. The van der Waals surface area contributed by atoms with E-state index >= 15 is 0 Å². The largest absolute Gasteiger partial charge is 0.457 e. The molecular formula is C16H11BrClFO2. The minimum Gasteiger partial charge on any atom is -0.457 e. The molecule has 0 amide bonds. The number of aliphatic hydroxyl groups excluding tert-OH is 1. The predicted molar refractivity (Wildman–Crippen MR) is 84.0 cm³/mol. The van der Waals surface area contributed by atoms with E-state index in [4.69, 9.17) is 16.0 Å². The SMILES string of the molecule is OC(Cc1cccc(F)c1Cl)c1cc2cccc(Br)c2o1. The van der Waals surface area contributed by atoms with E-state index in [1.54, 1.807) is 18.2 Å². The van der Waals surface area contributed by atoms with E-state index in [2.05, 4.69) is 15.9 Å². The van der Waals surface area contributed by atoms with Gasteiger partial charge < -0.3 is 9.52 Å². The summed E-state index contributed by atoms with van der Waals surface area (Å²) in [5, 5.41) is 11.2. The Morgan fingerprint density at radius 3 is 2.76 bits per heavy atom. The van der Waals surface area contributed by atoms with Gasteiger partial charge in [0, 0.05) is 11.8 Å². The van der Waals surface area contributed by atoms with Crippen LogP contribution in [0.3, 0.4) is 0 Å². The lowest BCUT2D eigenvalue weighted by atomic mass is 10.1. The number of hydrogen-bond donors (Lipinski definition) is 1. The summed E-state index contributed by atoms with van der Waals surface area (Å²) in [4.78, 5) is 0. The van der Waals surface area contributed by atoms with Crippen molar-refractivity contribution in [2.45, 2.75) is 12.5 Å². The minimum absolute atomic E-state index is 0.0360. The molecule has 108 valence electrons. The molecular weight excluding hydrogens is 359 g/mol. The zero-order valence-corrected chi connectivity index (χ0v) is 13.2. The Morgan fingerprint density at radius 2 is 2.00 bits per heavy atom. The molecule has 0 saturated heterocycles. The minimum atomic E-state index is -0.886. The van der Waals surface area contributed by atoms with Gasteiger partial charge in [0.1, 0.15) is 23.3 Å². The van der Waals surface area contributed by atoms with Crippen molar-refractivity contribution in [3.05, 3.63) is 69.1 Å². The fourth-order valence-corrected chi connectivity index (χ4v) is 2.89. The van der Waals surface area contributed by atoms with Crippen molar-refractivity contribution in [3.8, 4) is 0 Å². The van der Waals surface area contributed by atoms with Gasteiger partial charge in [-0.1, -0.05) is 35.9 Å². The van der Waals surface area contributed by atoms with Crippen LogP contribution in [-0.2, 0) is 6.42 Å². The monoisotopic (exact) mass is 368 g/mol. The molecule has 21 heavy (non-hydrogen) atoms. The van der Waals surface area contributed by atoms with Crippen LogP contribution in [-0.4, -0.2) is 5.11 Å². The summed E-state index contributed by atoms with van der Waals surface area (Å²) in [6, 6.07) is 12.0. The molecule has 0 bridgehead atoms. The molecule has 0 aliphatic rings. The van der Waals surface area contributed by atoms with E-state index in [9.17, 15) is 9.50 Å². The first-order valence-electron chi connectivity index (χ1n) is 6.35. The third-order valence-electron chi connectivity index (χ3n) is 3.29. The van der Waals surface area contributed by atoms with Gasteiger partial charge in [0.25, 0.3) is 0 Å². The summed E-state index contributed by atoms with van der Waals surface area (Å²) >= 11 is 9.31. The molecule has 0 aliphatic carbocycles. The molecule has 5 heteroatoms. The van der Waals surface area contributed by atoms with Crippen molar-refractivity contribution in [1.82, 2.24) is 0 Å². The molecule has 0 radical (unpaired) electrons. The first-order valence-corrected chi connectivity index (χ1v) is 7.52. The Hall–Kier alpha value is -1.36. The van der Waals surface area contributed by atoms with Crippen molar-refractivity contribution >= 4 is 38.5 Å². The number of halogens is 3. The van der Waals surface area contributed by atoms with Crippen molar-refractivity contribution in [1.29, 1.82) is 0 Å². The maximum Gasteiger partial charge on any atom is 0.148 e. The van der Waals surface area contributed by atoms with Gasteiger partial charge in [0.05, 0.1) is 9.50 Å². The first-order chi connectivity index (χ1) is 10.1. The summed E-state index contributed by atoms with van der Waals surface area (Å²) in [6.07, 6.45) is -0.697. The number of aliphatic hydroxyl groups is 1. The molecule has 1 heterocycles. The van der Waals surface area contributed by atoms with Crippen LogP contribution in [0, 0.1) is 5.82 Å². The van der Waals surface area contributed by atoms with E-state index in [1.807, 2.05) is 18.2 Å². The summed E-state index contributed by atoms with van der Waals surface area (Å²) in [7, 11) is 0. The number of furan rings is 1. The van der Waals surface area contributed by atoms with Gasteiger partial charge in [-0.05, 0) is 39.7 Å². The van der Waals surface area contributed by atoms with Crippen LogP contribution < -0.4 is 0 Å². The molecule has 0 saturated carbocycles. The van der Waals surface area contributed by atoms with E-state index in [0.717, 1.165) is 9.86 Å². The zero-order valence-electron chi connectivity index (χ0n) is 10.8. The fraction of sp³-hybridized carbons (Fsp3) is 0.125. The second-order valence-corrected chi connectivity index (χ2v) is 5.97. The maximum atomic E-state index is 13.4. The van der Waals surface area contributed by atoms with Crippen LogP contribution in [0.1, 0.15) is 17.4 Å². The Kier molecular flexibility index (Phi) is 4.02. The molecule has 1 N–H and O–H groups in total. The normalized spacial score (nSPS) is 12.8. The van der Waals surface area contributed by atoms with Gasteiger partial charge >= 0.3 is 0 Å². The van der Waals surface area contributed by atoms with E-state index in [1.165, 1.54) is 6.07 Å². The molecule has 3 rings (SSSR count). The van der Waals surface area contributed by atoms with E-state index in [-0.39, 0.29) is 11.4 Å². The summed E-state index contributed by atoms with van der Waals surface area (Å²) in [5.74, 6) is -0.0639. The lowest BCUT2D eigenvalue weighted by molar-refractivity contribution is 0.152. The average Bonchev–Trinajstić information content (AvgIpc) is 2.89. The Morgan fingerprint density at radius 1 is 1.24 bits per heavy atom. The number of para-hydroxylation sites is 1. The van der Waals surface area contributed by atoms with Crippen molar-refractivity contribution in [3.63, 3.8) is 0 Å². The summed E-state index contributed by atoms with van der Waals surface area (Å²) in [5.41, 5.74) is 1.22. The quantitative estimate of drug-likeness (QED) is 0.683. The lowest BCUT2D eigenvalue weighted by Crippen LogP contribution is -2.01. The van der Waals surface area contributed by atoms with Crippen LogP contribution in [0.2, 0.25) is 5.02 Å². The Balaban J connectivity index is 1.92. The van der Waals surface area contributed by atoms with E-state index in [0.29, 0.717) is 16.9 Å². The highest BCUT2D eigenvalue weighted by Crippen LogP contribution is 2.32. The van der Waals surface area contributed by atoms with Crippen molar-refractivity contribution < 1.29 is 13.9 Å². The number of benzene rings is 2. The first kappa shape index (κ1) is 14.6. The zero-order chi connectivity index (χ0) is 15.0. The number of fused-ring (bicyclic) bond motifs is 1. The molecule has 0 spiro atoms. The highest BCUT2D eigenvalue weighted by atomic mass is 79.9. The third-order valence-corrected chi connectivity index (χ3v) is 4.34. The van der Waals surface area contributed by atoms with Crippen LogP contribution in [0.5, 0.6) is 0 Å². The van der Waals surface area contributed by atoms with Gasteiger partial charge in [0.2, 0.25) is 0 Å². The van der Waals surface area contributed by atoms with Crippen LogP contribution in [0.25, 0.3) is 11.0 Å². The molecule has 2 nitrogen and oxygen atoms in total.